The lowest BCUT2D eigenvalue weighted by Gasteiger charge is -2.32. The van der Waals surface area contributed by atoms with Crippen LogP contribution in [0.4, 0.5) is 4.79 Å². The number of allylic oxidation sites excluding steroid dienone is 3. The Morgan fingerprint density at radius 2 is 2.18 bits per heavy atom. The van der Waals surface area contributed by atoms with Crippen LogP contribution in [0.25, 0.3) is 0 Å². The van der Waals surface area contributed by atoms with Crippen LogP contribution in [0.1, 0.15) is 49.4 Å². The third-order valence-electron chi connectivity index (χ3n) is 6.85. The fourth-order valence-corrected chi connectivity index (χ4v) is 5.07. The van der Waals surface area contributed by atoms with Gasteiger partial charge in [-0.1, -0.05) is 12.1 Å². The summed E-state index contributed by atoms with van der Waals surface area (Å²) >= 11 is 0. The van der Waals surface area contributed by atoms with E-state index in [2.05, 4.69) is 27.8 Å². The molecule has 4 aliphatic rings. The summed E-state index contributed by atoms with van der Waals surface area (Å²) in [6.45, 7) is 3.35. The van der Waals surface area contributed by atoms with Crippen LogP contribution in [0.2, 0.25) is 0 Å². The van der Waals surface area contributed by atoms with Gasteiger partial charge in [0.05, 0.1) is 30.9 Å². The minimum absolute atomic E-state index is 0.119. The van der Waals surface area contributed by atoms with Gasteiger partial charge >= 0.3 is 12.0 Å². The molecule has 4 aliphatic heterocycles. The van der Waals surface area contributed by atoms with Crippen LogP contribution in [0.3, 0.4) is 0 Å². The molecule has 33 heavy (non-hydrogen) atoms. The second kappa shape index (κ2) is 9.43. The predicted molar refractivity (Wildman–Crippen MR) is 122 cm³/mol. The standard InChI is InChI=1S/C24H31N5O4/c30-21(31)15-20(19-8-6-17-9-14-33-23(17)27-19)29-13-12-28(24(29)32)11-2-4-18-7-5-16-3-1-10-25-22(16)26-18/h5-8,20,22,25-26H,1-4,9-15H2,(H,30,31)/t20-,22?/m1/s1. The van der Waals surface area contributed by atoms with Crippen molar-refractivity contribution in [1.29, 1.82) is 0 Å². The number of dihydropyridines is 1. The van der Waals surface area contributed by atoms with E-state index in [1.165, 1.54) is 17.7 Å². The number of rotatable bonds is 8. The lowest BCUT2D eigenvalue weighted by Crippen LogP contribution is -2.47. The summed E-state index contributed by atoms with van der Waals surface area (Å²) in [5.74, 6) is -0.391. The third-order valence-corrected chi connectivity index (χ3v) is 6.85. The van der Waals surface area contributed by atoms with E-state index >= 15 is 0 Å². The van der Waals surface area contributed by atoms with Gasteiger partial charge in [-0.25, -0.2) is 9.78 Å². The maximum atomic E-state index is 13.2. The molecule has 3 N–H and O–H groups in total. The average molecular weight is 454 g/mol. The Morgan fingerprint density at radius 1 is 1.27 bits per heavy atom. The quantitative estimate of drug-likeness (QED) is 0.554. The van der Waals surface area contributed by atoms with Crippen molar-refractivity contribution in [3.05, 3.63) is 46.8 Å². The molecule has 0 bridgehead atoms. The fourth-order valence-electron chi connectivity index (χ4n) is 5.07. The Labute approximate surface area is 193 Å². The highest BCUT2D eigenvalue weighted by Crippen LogP contribution is 2.31. The van der Waals surface area contributed by atoms with Gasteiger partial charge in [0.1, 0.15) is 0 Å². The lowest BCUT2D eigenvalue weighted by molar-refractivity contribution is -0.138. The van der Waals surface area contributed by atoms with E-state index in [9.17, 15) is 14.7 Å². The molecule has 0 saturated carbocycles. The molecule has 2 saturated heterocycles. The molecule has 2 amide bonds. The zero-order chi connectivity index (χ0) is 22.8. The molecular formula is C24H31N5O4. The van der Waals surface area contributed by atoms with Gasteiger partial charge in [-0.2, -0.15) is 0 Å². The summed E-state index contributed by atoms with van der Waals surface area (Å²) in [4.78, 5) is 32.7. The van der Waals surface area contributed by atoms with E-state index < -0.39 is 12.0 Å². The highest BCUT2D eigenvalue weighted by Gasteiger charge is 2.36. The first-order valence-electron chi connectivity index (χ1n) is 11.9. The number of hydrogen-bond acceptors (Lipinski definition) is 6. The van der Waals surface area contributed by atoms with E-state index in [1.807, 2.05) is 17.0 Å². The van der Waals surface area contributed by atoms with E-state index in [-0.39, 0.29) is 18.6 Å². The Bertz CT molecular complexity index is 991. The normalized spacial score (nSPS) is 22.7. The van der Waals surface area contributed by atoms with Crippen LogP contribution < -0.4 is 15.4 Å². The molecular weight excluding hydrogens is 422 g/mol. The number of ether oxygens (including phenoxy) is 1. The van der Waals surface area contributed by atoms with Gasteiger partial charge in [-0.3, -0.25) is 10.1 Å². The molecule has 2 fully saturated rings. The average Bonchev–Trinajstić information content (AvgIpc) is 3.43. The predicted octanol–water partition coefficient (Wildman–Crippen LogP) is 2.17. The minimum atomic E-state index is -0.950. The number of piperidine rings is 1. The molecule has 1 aromatic heterocycles. The van der Waals surface area contributed by atoms with Crippen molar-refractivity contribution < 1.29 is 19.4 Å². The number of aromatic nitrogens is 1. The SMILES string of the molecule is O=C(O)C[C@H](c1ccc2c(n1)OCC2)N1CCN(CCCC2=CC=C3CCCNC3N2)C1=O. The van der Waals surface area contributed by atoms with Crippen molar-refractivity contribution in [2.45, 2.75) is 50.7 Å². The van der Waals surface area contributed by atoms with Crippen molar-refractivity contribution in [3.63, 3.8) is 0 Å². The van der Waals surface area contributed by atoms with Gasteiger partial charge in [0.25, 0.3) is 0 Å². The number of nitrogens with zero attached hydrogens (tertiary/aromatic N) is 3. The number of pyridine rings is 1. The number of carboxylic acid groups (broad SMARTS) is 1. The number of nitrogens with one attached hydrogen (secondary N) is 2. The first-order valence-corrected chi connectivity index (χ1v) is 11.9. The molecule has 0 radical (unpaired) electrons. The molecule has 9 heteroatoms. The van der Waals surface area contributed by atoms with E-state index in [0.717, 1.165) is 37.8 Å². The molecule has 5 heterocycles. The van der Waals surface area contributed by atoms with Crippen LogP contribution in [0.15, 0.2) is 35.6 Å². The van der Waals surface area contributed by atoms with Crippen LogP contribution in [0.5, 0.6) is 5.88 Å². The maximum Gasteiger partial charge on any atom is 0.320 e. The summed E-state index contributed by atoms with van der Waals surface area (Å²) in [5.41, 5.74) is 4.20. The molecule has 2 atom stereocenters. The summed E-state index contributed by atoms with van der Waals surface area (Å²) in [6, 6.07) is 3.05. The van der Waals surface area contributed by atoms with Gasteiger partial charge in [-0.15, -0.1) is 0 Å². The van der Waals surface area contributed by atoms with Crippen molar-refractivity contribution in [2.24, 2.45) is 0 Å². The summed E-state index contributed by atoms with van der Waals surface area (Å²) in [7, 11) is 0. The van der Waals surface area contributed by atoms with E-state index in [0.29, 0.717) is 37.8 Å². The number of fused-ring (bicyclic) bond motifs is 2. The number of carbonyl (C=O) groups excluding carboxylic acids is 1. The number of carboxylic acids is 1. The van der Waals surface area contributed by atoms with Crippen LogP contribution in [0, 0.1) is 0 Å². The van der Waals surface area contributed by atoms with Crippen molar-refractivity contribution in [3.8, 4) is 5.88 Å². The monoisotopic (exact) mass is 453 g/mol. The van der Waals surface area contributed by atoms with Crippen molar-refractivity contribution in [1.82, 2.24) is 25.4 Å². The zero-order valence-corrected chi connectivity index (χ0v) is 18.8. The molecule has 0 aliphatic carbocycles. The molecule has 1 unspecified atom stereocenters. The first kappa shape index (κ1) is 21.8. The van der Waals surface area contributed by atoms with Gasteiger partial charge in [0.15, 0.2) is 0 Å². The van der Waals surface area contributed by atoms with E-state index in [1.54, 1.807) is 4.90 Å². The van der Waals surface area contributed by atoms with Crippen LogP contribution in [-0.2, 0) is 11.2 Å². The summed E-state index contributed by atoms with van der Waals surface area (Å²) < 4.78 is 5.56. The third kappa shape index (κ3) is 4.68. The van der Waals surface area contributed by atoms with E-state index in [4.69, 9.17) is 4.74 Å². The summed E-state index contributed by atoms with van der Waals surface area (Å²) in [5, 5.41) is 16.6. The number of aliphatic carboxylic acids is 1. The Balaban J connectivity index is 1.20. The number of urea groups is 1. The fraction of sp³-hybridized carbons (Fsp3) is 0.542. The number of hydrogen-bond donors (Lipinski definition) is 3. The van der Waals surface area contributed by atoms with Gasteiger partial charge < -0.3 is 25.0 Å². The molecule has 0 spiro atoms. The summed E-state index contributed by atoms with van der Waals surface area (Å²) in [6.07, 6.45) is 9.27. The highest BCUT2D eigenvalue weighted by atomic mass is 16.5. The maximum absolute atomic E-state index is 13.2. The number of carbonyl (C=O) groups is 2. The van der Waals surface area contributed by atoms with Crippen LogP contribution in [-0.4, -0.2) is 70.8 Å². The molecule has 5 rings (SSSR count). The van der Waals surface area contributed by atoms with Gasteiger partial charge in [0.2, 0.25) is 5.88 Å². The smallest absolute Gasteiger partial charge is 0.320 e. The van der Waals surface area contributed by atoms with Crippen LogP contribution >= 0.6 is 0 Å². The molecule has 1 aromatic rings. The van der Waals surface area contributed by atoms with Gasteiger partial charge in [-0.05, 0) is 49.9 Å². The molecule has 0 aromatic carbocycles. The minimum Gasteiger partial charge on any atom is -0.481 e. The second-order valence-electron chi connectivity index (χ2n) is 9.05. The Kier molecular flexibility index (Phi) is 6.22. The van der Waals surface area contributed by atoms with Crippen molar-refractivity contribution in [2.75, 3.05) is 32.8 Å². The Hall–Kier alpha value is -3.07. The number of amides is 2. The zero-order valence-electron chi connectivity index (χ0n) is 18.8. The highest BCUT2D eigenvalue weighted by molar-refractivity contribution is 5.78. The largest absolute Gasteiger partial charge is 0.481 e. The van der Waals surface area contributed by atoms with Gasteiger partial charge in [0, 0.05) is 37.3 Å². The Morgan fingerprint density at radius 3 is 3.06 bits per heavy atom. The topological polar surface area (TPSA) is 107 Å². The molecule has 9 nitrogen and oxygen atoms in total. The molecule has 176 valence electrons. The lowest BCUT2D eigenvalue weighted by atomic mass is 9.99. The second-order valence-corrected chi connectivity index (χ2v) is 9.05. The first-order chi connectivity index (χ1) is 16.1. The van der Waals surface area contributed by atoms with Crippen molar-refractivity contribution >= 4 is 12.0 Å².